The number of hydrogen-bond acceptors (Lipinski definition) is 11. The number of hydrazone groups is 1. The Balaban J connectivity index is 2.54. The van der Waals surface area contributed by atoms with Crippen LogP contribution in [-0.4, -0.2) is 66.2 Å². The number of carbonyl (C=O) groups is 4. The SMILES string of the molecule is [2H]CC(=O)OC[C@H]1OC(c2ccc(C=NNC(N)=S)cc2)[C@H](OC(=O)C[2H])[C@H](OC(=O)C[2H])[C@@H]1OC(=O)C[2H]. The van der Waals surface area contributed by atoms with Crippen molar-refractivity contribution in [1.82, 2.24) is 5.43 Å². The number of nitrogens with one attached hydrogen (secondary N) is 1. The van der Waals surface area contributed by atoms with Crippen molar-refractivity contribution < 1.29 is 48.3 Å². The van der Waals surface area contributed by atoms with Crippen LogP contribution in [0.1, 0.15) is 50.3 Å². The van der Waals surface area contributed by atoms with E-state index >= 15 is 0 Å². The quantitative estimate of drug-likeness (QED) is 0.164. The Morgan fingerprint density at radius 1 is 1.00 bits per heavy atom. The molecule has 1 aliphatic rings. The summed E-state index contributed by atoms with van der Waals surface area (Å²) in [5.74, 6) is -4.04. The van der Waals surface area contributed by atoms with Gasteiger partial charge in [-0.25, -0.2) is 0 Å². The molecule has 0 amide bonds. The Bertz CT molecular complexity index is 1060. The fourth-order valence-corrected chi connectivity index (χ4v) is 3.35. The Hall–Kier alpha value is -3.58. The Labute approximate surface area is 212 Å². The summed E-state index contributed by atoms with van der Waals surface area (Å²) in [6, 6.07) is 6.36. The maximum absolute atomic E-state index is 12.2. The number of carbonyl (C=O) groups excluding carboxylic acids is 4. The van der Waals surface area contributed by atoms with Gasteiger partial charge in [0.1, 0.15) is 18.8 Å². The summed E-state index contributed by atoms with van der Waals surface area (Å²) >= 11 is 4.67. The van der Waals surface area contributed by atoms with Crippen molar-refractivity contribution in [2.45, 2.75) is 58.1 Å². The lowest BCUT2D eigenvalue weighted by atomic mass is 9.90. The van der Waals surface area contributed by atoms with Crippen LogP contribution in [0, 0.1) is 0 Å². The number of esters is 4. The Morgan fingerprint density at radius 3 is 2.14 bits per heavy atom. The van der Waals surface area contributed by atoms with Gasteiger partial charge in [0.05, 0.1) is 6.21 Å². The molecule has 1 unspecified atom stereocenters. The minimum Gasteiger partial charge on any atom is -0.463 e. The van der Waals surface area contributed by atoms with E-state index in [-0.39, 0.29) is 5.11 Å². The predicted octanol–water partition coefficient (Wildman–Crippen LogP) is 0.652. The normalized spacial score (nSPS) is 25.2. The second kappa shape index (κ2) is 12.8. The molecule has 5 atom stereocenters. The van der Waals surface area contributed by atoms with Crippen LogP contribution < -0.4 is 11.2 Å². The molecule has 35 heavy (non-hydrogen) atoms. The summed E-state index contributed by atoms with van der Waals surface area (Å²) in [6.07, 6.45) is -5.65. The number of nitrogens with two attached hydrogens (primary N) is 1. The Kier molecular flexibility index (Phi) is 7.99. The highest BCUT2D eigenvalue weighted by atomic mass is 32.1. The highest BCUT2D eigenvalue weighted by Gasteiger charge is 2.52. The van der Waals surface area contributed by atoms with E-state index in [4.69, 9.17) is 34.9 Å². The molecule has 0 aliphatic carbocycles. The predicted molar refractivity (Wildman–Crippen MR) is 125 cm³/mol. The summed E-state index contributed by atoms with van der Waals surface area (Å²) in [4.78, 5) is 48.1. The molecule has 1 saturated heterocycles. The molecule has 0 spiro atoms. The van der Waals surface area contributed by atoms with Crippen LogP contribution in [-0.2, 0) is 42.9 Å². The third-order valence-corrected chi connectivity index (χ3v) is 4.59. The molecule has 1 fully saturated rings. The van der Waals surface area contributed by atoms with Gasteiger partial charge in [-0.05, 0) is 23.3 Å². The third kappa shape index (κ3) is 8.61. The first-order chi connectivity index (χ1) is 18.6. The number of thiocarbonyl (C=S) groups is 1. The summed E-state index contributed by atoms with van der Waals surface area (Å²) in [5.41, 5.74) is 8.70. The molecular formula is C22H27N3O9S. The van der Waals surface area contributed by atoms with Crippen molar-refractivity contribution in [3.63, 3.8) is 0 Å². The van der Waals surface area contributed by atoms with E-state index in [9.17, 15) is 19.2 Å². The van der Waals surface area contributed by atoms with Gasteiger partial charge in [-0.3, -0.25) is 24.6 Å². The zero-order valence-corrected chi connectivity index (χ0v) is 19.2. The highest BCUT2D eigenvalue weighted by molar-refractivity contribution is 7.80. The second-order valence-corrected chi connectivity index (χ2v) is 7.48. The highest BCUT2D eigenvalue weighted by Crippen LogP contribution is 2.37. The van der Waals surface area contributed by atoms with E-state index in [0.29, 0.717) is 11.1 Å². The fraction of sp³-hybridized carbons (Fsp3) is 0.455. The number of ether oxygens (including phenoxy) is 5. The topological polar surface area (TPSA) is 165 Å². The van der Waals surface area contributed by atoms with Crippen molar-refractivity contribution in [3.8, 4) is 0 Å². The number of nitrogens with zero attached hydrogens (tertiary/aromatic N) is 1. The van der Waals surface area contributed by atoms with Gasteiger partial charge < -0.3 is 29.4 Å². The zero-order chi connectivity index (χ0) is 28.9. The Morgan fingerprint density at radius 2 is 1.57 bits per heavy atom. The van der Waals surface area contributed by atoms with Crippen molar-refractivity contribution in [2.24, 2.45) is 10.8 Å². The van der Waals surface area contributed by atoms with E-state index in [1.807, 2.05) is 0 Å². The van der Waals surface area contributed by atoms with Gasteiger partial charge >= 0.3 is 23.9 Å². The fourth-order valence-electron chi connectivity index (χ4n) is 3.29. The minimum absolute atomic E-state index is 0.0383. The van der Waals surface area contributed by atoms with E-state index in [1.54, 1.807) is 24.3 Å². The molecule has 3 N–H and O–H groups in total. The largest absolute Gasteiger partial charge is 0.463 e. The second-order valence-electron chi connectivity index (χ2n) is 7.04. The monoisotopic (exact) mass is 513 g/mol. The molecular weight excluding hydrogens is 482 g/mol. The van der Waals surface area contributed by atoms with Gasteiger partial charge in [-0.2, -0.15) is 5.10 Å². The van der Waals surface area contributed by atoms with E-state index in [2.05, 4.69) is 22.7 Å². The first kappa shape index (κ1) is 21.9. The van der Waals surface area contributed by atoms with E-state index < -0.39 is 88.6 Å². The first-order valence-electron chi connectivity index (χ1n) is 12.7. The lowest BCUT2D eigenvalue weighted by Crippen LogP contribution is -2.59. The maximum atomic E-state index is 12.2. The van der Waals surface area contributed by atoms with Gasteiger partial charge in [0, 0.05) is 33.1 Å². The van der Waals surface area contributed by atoms with Crippen molar-refractivity contribution >= 4 is 47.4 Å². The molecule has 1 aromatic carbocycles. The van der Waals surface area contributed by atoms with Crippen molar-refractivity contribution in [2.75, 3.05) is 6.61 Å². The van der Waals surface area contributed by atoms with Gasteiger partial charge in [0.15, 0.2) is 23.4 Å². The van der Waals surface area contributed by atoms with Crippen LogP contribution in [0.15, 0.2) is 29.4 Å². The minimum atomic E-state index is -1.57. The summed E-state index contributed by atoms with van der Waals surface area (Å²) in [7, 11) is 0. The number of rotatable bonds is 8. The standard InChI is InChI=1S/C22H27N3O9S/c1-11(26)30-10-17-19(31-12(2)27)21(33-14(4)29)20(32-13(3)28)18(34-17)16-7-5-15(6-8-16)9-24-25-22(23)35/h5-9,17-21H,10H2,1-4H3,(H3,23,25,35)/t17-,18?,19-,20+,21-/m1/s1/i1D,2D,3D,4D. The molecule has 2 rings (SSSR count). The van der Waals surface area contributed by atoms with Crippen LogP contribution in [0.2, 0.25) is 0 Å². The molecule has 13 heteroatoms. The molecule has 12 nitrogen and oxygen atoms in total. The van der Waals surface area contributed by atoms with Gasteiger partial charge in [-0.15, -0.1) is 0 Å². The van der Waals surface area contributed by atoms with Gasteiger partial charge in [0.25, 0.3) is 0 Å². The van der Waals surface area contributed by atoms with Crippen LogP contribution in [0.3, 0.4) is 0 Å². The van der Waals surface area contributed by atoms with Crippen molar-refractivity contribution in [1.29, 1.82) is 0 Å². The van der Waals surface area contributed by atoms with Crippen LogP contribution in [0.4, 0.5) is 0 Å². The lowest BCUT2D eigenvalue weighted by Gasteiger charge is -2.44. The molecule has 0 aromatic heterocycles. The van der Waals surface area contributed by atoms with Gasteiger partial charge in [-0.1, -0.05) is 24.3 Å². The van der Waals surface area contributed by atoms with Crippen molar-refractivity contribution in [3.05, 3.63) is 35.4 Å². The summed E-state index contributed by atoms with van der Waals surface area (Å²) < 4.78 is 56.2. The molecule has 0 bridgehead atoms. The smallest absolute Gasteiger partial charge is 0.303 e. The van der Waals surface area contributed by atoms with Gasteiger partial charge in [0.2, 0.25) is 0 Å². The molecule has 1 aromatic rings. The summed E-state index contributed by atoms with van der Waals surface area (Å²) in [6.45, 7) is -3.70. The molecule has 1 heterocycles. The molecule has 1 aliphatic heterocycles. The molecule has 190 valence electrons. The molecule has 0 radical (unpaired) electrons. The van der Waals surface area contributed by atoms with Crippen LogP contribution in [0.5, 0.6) is 0 Å². The average molecular weight is 514 g/mol. The number of benzene rings is 1. The van der Waals surface area contributed by atoms with E-state index in [0.717, 1.165) is 0 Å². The average Bonchev–Trinajstić information content (AvgIpc) is 2.93. The first-order valence-corrected chi connectivity index (χ1v) is 10.3. The number of hydrogen-bond donors (Lipinski definition) is 2. The van der Waals surface area contributed by atoms with E-state index in [1.165, 1.54) is 6.21 Å². The third-order valence-electron chi connectivity index (χ3n) is 4.50. The van der Waals surface area contributed by atoms with Crippen LogP contribution >= 0.6 is 12.2 Å². The molecule has 0 saturated carbocycles. The van der Waals surface area contributed by atoms with Crippen LogP contribution in [0.25, 0.3) is 0 Å². The zero-order valence-electron chi connectivity index (χ0n) is 22.4. The summed E-state index contributed by atoms with van der Waals surface area (Å²) in [5, 5.41) is 3.81. The lowest BCUT2D eigenvalue weighted by molar-refractivity contribution is -0.254. The maximum Gasteiger partial charge on any atom is 0.303 e.